The highest BCUT2D eigenvalue weighted by Crippen LogP contribution is 2.50. The van der Waals surface area contributed by atoms with Crippen molar-refractivity contribution in [1.29, 1.82) is 5.26 Å². The summed E-state index contributed by atoms with van der Waals surface area (Å²) in [5.41, 5.74) is -6.84. The molecule has 4 rings (SSSR count). The Morgan fingerprint density at radius 2 is 1.68 bits per heavy atom. The topological polar surface area (TPSA) is 61.0 Å². The van der Waals surface area contributed by atoms with Gasteiger partial charge in [-0.2, -0.15) is 36.6 Å². The van der Waals surface area contributed by atoms with Crippen molar-refractivity contribution in [1.82, 2.24) is 4.90 Å². The molecule has 1 saturated heterocycles. The Kier molecular flexibility index (Phi) is 6.89. The van der Waals surface area contributed by atoms with E-state index < -0.39 is 46.2 Å². The van der Waals surface area contributed by atoms with Crippen LogP contribution in [0.1, 0.15) is 42.5 Å². The molecule has 0 bridgehead atoms. The van der Waals surface area contributed by atoms with Crippen LogP contribution in [0.2, 0.25) is 5.02 Å². The van der Waals surface area contributed by atoms with Crippen molar-refractivity contribution in [2.45, 2.75) is 43.9 Å². The van der Waals surface area contributed by atoms with Gasteiger partial charge in [0.1, 0.15) is 5.84 Å². The second kappa shape index (κ2) is 9.45. The zero-order chi connectivity index (χ0) is 28.1. The van der Waals surface area contributed by atoms with Crippen LogP contribution >= 0.6 is 11.6 Å². The third-order valence-electron chi connectivity index (χ3n) is 6.55. The molecule has 1 fully saturated rings. The largest absolute Gasteiger partial charge is 0.435 e. The van der Waals surface area contributed by atoms with Gasteiger partial charge >= 0.3 is 12.4 Å². The summed E-state index contributed by atoms with van der Waals surface area (Å²) in [6.45, 7) is 3.54. The van der Waals surface area contributed by atoms with Gasteiger partial charge in [0.05, 0.1) is 29.4 Å². The van der Waals surface area contributed by atoms with Gasteiger partial charge in [0.25, 0.3) is 5.60 Å². The SMILES string of the molecule is CC(C)C(=NC#N)N1CC(F)(c2ccc(C3=NOC(c4ccc(Cl)c(C(F)(F)F)c4)(C(F)(F)F)C3)cc2)C1. The molecule has 38 heavy (non-hydrogen) atoms. The lowest BCUT2D eigenvalue weighted by atomic mass is 9.84. The number of hydrogen-bond acceptors (Lipinski definition) is 4. The van der Waals surface area contributed by atoms with Crippen LogP contribution in [0.3, 0.4) is 0 Å². The molecule has 2 aliphatic heterocycles. The molecular formula is C25H20ClF7N4O. The third-order valence-corrected chi connectivity index (χ3v) is 6.88. The van der Waals surface area contributed by atoms with Crippen LogP contribution in [0, 0.1) is 17.4 Å². The van der Waals surface area contributed by atoms with Crippen LogP contribution in [0.15, 0.2) is 52.6 Å². The number of hydrogen-bond donors (Lipinski definition) is 0. The number of halogens is 8. The fourth-order valence-electron chi connectivity index (χ4n) is 4.53. The second-order valence-electron chi connectivity index (χ2n) is 9.45. The summed E-state index contributed by atoms with van der Waals surface area (Å²) in [5, 5.41) is 11.7. The molecule has 0 saturated carbocycles. The molecule has 0 radical (unpaired) electrons. The summed E-state index contributed by atoms with van der Waals surface area (Å²) >= 11 is 5.57. The number of nitrogens with zero attached hydrogens (tertiary/aromatic N) is 4. The van der Waals surface area contributed by atoms with E-state index in [1.165, 1.54) is 24.3 Å². The quantitative estimate of drug-likeness (QED) is 0.176. The van der Waals surface area contributed by atoms with Crippen molar-refractivity contribution < 1.29 is 35.6 Å². The minimum Gasteiger partial charge on any atom is -0.374 e. The number of nitriles is 1. The average molecular weight is 561 g/mol. The van der Waals surface area contributed by atoms with E-state index in [1.54, 1.807) is 11.1 Å². The van der Waals surface area contributed by atoms with Crippen molar-refractivity contribution in [3.8, 4) is 6.19 Å². The van der Waals surface area contributed by atoms with E-state index in [4.69, 9.17) is 21.7 Å². The maximum atomic E-state index is 15.4. The second-order valence-corrected chi connectivity index (χ2v) is 9.85. The first-order chi connectivity index (χ1) is 17.6. The van der Waals surface area contributed by atoms with Gasteiger partial charge in [-0.1, -0.05) is 60.9 Å². The van der Waals surface area contributed by atoms with Gasteiger partial charge in [0, 0.05) is 17.9 Å². The van der Waals surface area contributed by atoms with E-state index in [1.807, 2.05) is 13.8 Å². The Labute approximate surface area is 218 Å². The fourth-order valence-corrected chi connectivity index (χ4v) is 4.76. The summed E-state index contributed by atoms with van der Waals surface area (Å²) in [4.78, 5) is 10.2. The summed E-state index contributed by atoms with van der Waals surface area (Å²) in [6.07, 6.45) is -9.29. The van der Waals surface area contributed by atoms with Crippen LogP contribution in [0.25, 0.3) is 0 Å². The molecule has 5 nitrogen and oxygen atoms in total. The van der Waals surface area contributed by atoms with Gasteiger partial charge in [-0.15, -0.1) is 0 Å². The van der Waals surface area contributed by atoms with Gasteiger partial charge in [-0.05, 0) is 23.3 Å². The molecule has 2 aromatic rings. The van der Waals surface area contributed by atoms with Gasteiger partial charge in [0.2, 0.25) is 6.19 Å². The molecule has 2 aliphatic rings. The number of amidine groups is 1. The first kappa shape index (κ1) is 27.7. The molecule has 0 aromatic heterocycles. The van der Waals surface area contributed by atoms with E-state index in [9.17, 15) is 26.3 Å². The summed E-state index contributed by atoms with van der Waals surface area (Å²) in [6, 6.07) is 7.44. The smallest absolute Gasteiger partial charge is 0.374 e. The lowest BCUT2D eigenvalue weighted by Gasteiger charge is -2.47. The molecular weight excluding hydrogens is 541 g/mol. The van der Waals surface area contributed by atoms with Gasteiger partial charge in [0.15, 0.2) is 5.67 Å². The number of aliphatic imine (C=N–C) groups is 1. The van der Waals surface area contributed by atoms with Crippen LogP contribution in [0.4, 0.5) is 30.7 Å². The van der Waals surface area contributed by atoms with E-state index in [0.29, 0.717) is 11.9 Å². The molecule has 13 heteroatoms. The number of oxime groups is 1. The van der Waals surface area contributed by atoms with Crippen molar-refractivity contribution in [3.05, 3.63) is 69.7 Å². The minimum absolute atomic E-state index is 0.0512. The third kappa shape index (κ3) is 4.79. The number of benzene rings is 2. The highest BCUT2D eigenvalue weighted by atomic mass is 35.5. The molecule has 2 heterocycles. The Morgan fingerprint density at radius 1 is 1.08 bits per heavy atom. The highest BCUT2D eigenvalue weighted by molar-refractivity contribution is 6.31. The van der Waals surface area contributed by atoms with Gasteiger partial charge < -0.3 is 9.74 Å². The van der Waals surface area contributed by atoms with Crippen LogP contribution in [-0.2, 0) is 22.3 Å². The average Bonchev–Trinajstić information content (AvgIpc) is 3.27. The number of alkyl halides is 7. The predicted octanol–water partition coefficient (Wildman–Crippen LogP) is 6.96. The summed E-state index contributed by atoms with van der Waals surface area (Å²) in [5.74, 6) is 0.359. The summed E-state index contributed by atoms with van der Waals surface area (Å²) in [7, 11) is 0. The standard InChI is InChI=1S/C25H20ClF7N4O/c1-14(2)21(35-13-34)37-11-22(27,12-37)16-5-3-15(4-6-16)20-10-23(38-36-20,25(31,32)33)17-7-8-19(26)18(9-17)24(28,29)30/h3-9,14H,10-12H2,1-2H3. The highest BCUT2D eigenvalue weighted by Gasteiger charge is 2.62. The first-order valence-corrected chi connectivity index (χ1v) is 11.7. The van der Waals surface area contributed by atoms with Crippen LogP contribution < -0.4 is 0 Å². The van der Waals surface area contributed by atoms with Crippen molar-refractivity contribution >= 4 is 23.1 Å². The molecule has 0 aliphatic carbocycles. The maximum Gasteiger partial charge on any atom is 0.435 e. The van der Waals surface area contributed by atoms with Crippen molar-refractivity contribution in [3.63, 3.8) is 0 Å². The molecule has 0 spiro atoms. The van der Waals surface area contributed by atoms with E-state index in [2.05, 4.69) is 10.1 Å². The van der Waals surface area contributed by atoms with Gasteiger partial charge in [-0.25, -0.2) is 4.39 Å². The van der Waals surface area contributed by atoms with Crippen LogP contribution in [-0.4, -0.2) is 35.7 Å². The molecule has 0 amide bonds. The van der Waals surface area contributed by atoms with Gasteiger partial charge in [-0.3, -0.25) is 0 Å². The van der Waals surface area contributed by atoms with E-state index in [0.717, 1.165) is 12.1 Å². The van der Waals surface area contributed by atoms with E-state index in [-0.39, 0.29) is 35.8 Å². The fraction of sp³-hybridized carbons (Fsp3) is 0.400. The normalized spacial score (nSPS) is 21.6. The number of rotatable bonds is 4. The minimum atomic E-state index is -5.12. The predicted molar refractivity (Wildman–Crippen MR) is 125 cm³/mol. The Balaban J connectivity index is 1.57. The first-order valence-electron chi connectivity index (χ1n) is 11.3. The van der Waals surface area contributed by atoms with Crippen LogP contribution in [0.5, 0.6) is 0 Å². The maximum absolute atomic E-state index is 15.4. The lowest BCUT2D eigenvalue weighted by Crippen LogP contribution is -2.59. The molecule has 202 valence electrons. The zero-order valence-corrected chi connectivity index (χ0v) is 20.7. The number of likely N-dealkylation sites (tertiary alicyclic amines) is 1. The Morgan fingerprint density at radius 3 is 2.21 bits per heavy atom. The molecule has 1 atom stereocenters. The Bertz CT molecular complexity index is 1320. The molecule has 0 N–H and O–H groups in total. The van der Waals surface area contributed by atoms with E-state index >= 15 is 4.39 Å². The molecule has 1 unspecified atom stereocenters. The Hall–Kier alpha value is -3.33. The lowest BCUT2D eigenvalue weighted by molar-refractivity contribution is -0.276. The van der Waals surface area contributed by atoms with Crippen molar-refractivity contribution in [2.24, 2.45) is 16.1 Å². The monoisotopic (exact) mass is 560 g/mol. The zero-order valence-electron chi connectivity index (χ0n) is 20.0. The molecule has 2 aromatic carbocycles. The van der Waals surface area contributed by atoms with Crippen molar-refractivity contribution in [2.75, 3.05) is 13.1 Å². The summed E-state index contributed by atoms with van der Waals surface area (Å²) < 4.78 is 98.0.